The lowest BCUT2D eigenvalue weighted by atomic mass is 9.94. The van der Waals surface area contributed by atoms with Gasteiger partial charge in [-0.25, -0.2) is 0 Å². The van der Waals surface area contributed by atoms with Crippen LogP contribution in [0, 0.1) is 24.2 Å². The van der Waals surface area contributed by atoms with Crippen LogP contribution >= 0.6 is 0 Å². The second kappa shape index (κ2) is 3.17. The molecule has 13 heavy (non-hydrogen) atoms. The summed E-state index contributed by atoms with van der Waals surface area (Å²) in [6.07, 6.45) is 7.57. The van der Waals surface area contributed by atoms with Crippen LogP contribution in [0.2, 0.25) is 0 Å². The summed E-state index contributed by atoms with van der Waals surface area (Å²) in [5, 5.41) is 0. The molecule has 0 saturated heterocycles. The van der Waals surface area contributed by atoms with Crippen molar-refractivity contribution in [2.24, 2.45) is 17.8 Å². The summed E-state index contributed by atoms with van der Waals surface area (Å²) in [5.41, 5.74) is 0. The number of carbonyl (C=O) groups excluding carboxylic acids is 1. The van der Waals surface area contributed by atoms with E-state index in [1.807, 2.05) is 13.8 Å². The van der Waals surface area contributed by atoms with Crippen molar-refractivity contribution in [2.75, 3.05) is 0 Å². The van der Waals surface area contributed by atoms with E-state index in [9.17, 15) is 4.79 Å². The normalized spacial score (nSPS) is 35.8. The second-order valence-electron chi connectivity index (χ2n) is 4.15. The van der Waals surface area contributed by atoms with Crippen LogP contribution in [0.1, 0.15) is 20.3 Å². The van der Waals surface area contributed by atoms with Crippen molar-refractivity contribution >= 4 is 5.97 Å². The van der Waals surface area contributed by atoms with E-state index in [-0.39, 0.29) is 18.0 Å². The SMILES string of the molecule is CC(C)OC(=O)C1[CH]C2C=CC1C2. The van der Waals surface area contributed by atoms with E-state index in [4.69, 9.17) is 4.74 Å². The fourth-order valence-electron chi connectivity index (χ4n) is 2.14. The van der Waals surface area contributed by atoms with Gasteiger partial charge in [-0.1, -0.05) is 12.2 Å². The van der Waals surface area contributed by atoms with Gasteiger partial charge in [-0.3, -0.25) is 4.79 Å². The highest BCUT2D eigenvalue weighted by atomic mass is 16.5. The maximum absolute atomic E-state index is 11.6. The maximum Gasteiger partial charge on any atom is 0.310 e. The van der Waals surface area contributed by atoms with Crippen LogP contribution in [0.25, 0.3) is 0 Å². The van der Waals surface area contributed by atoms with Crippen LogP contribution in [0.5, 0.6) is 0 Å². The Morgan fingerprint density at radius 1 is 1.46 bits per heavy atom. The second-order valence-corrected chi connectivity index (χ2v) is 4.15. The summed E-state index contributed by atoms with van der Waals surface area (Å²) < 4.78 is 5.18. The van der Waals surface area contributed by atoms with Crippen molar-refractivity contribution < 1.29 is 9.53 Å². The molecule has 1 saturated carbocycles. The molecule has 3 unspecified atom stereocenters. The van der Waals surface area contributed by atoms with E-state index in [1.54, 1.807) is 0 Å². The molecule has 1 fully saturated rings. The van der Waals surface area contributed by atoms with Crippen molar-refractivity contribution in [3.63, 3.8) is 0 Å². The molecule has 2 aliphatic rings. The summed E-state index contributed by atoms with van der Waals surface area (Å²) in [6.45, 7) is 3.78. The Balaban J connectivity index is 1.95. The Labute approximate surface area is 79.0 Å². The van der Waals surface area contributed by atoms with E-state index in [2.05, 4.69) is 18.6 Å². The molecule has 1 radical (unpaired) electrons. The van der Waals surface area contributed by atoms with E-state index >= 15 is 0 Å². The van der Waals surface area contributed by atoms with Crippen molar-refractivity contribution in [1.29, 1.82) is 0 Å². The molecule has 0 spiro atoms. The van der Waals surface area contributed by atoms with Gasteiger partial charge in [-0.05, 0) is 38.5 Å². The number of hydrogen-bond acceptors (Lipinski definition) is 2. The topological polar surface area (TPSA) is 26.3 Å². The number of esters is 1. The predicted octanol–water partition coefficient (Wildman–Crippen LogP) is 1.96. The van der Waals surface area contributed by atoms with Gasteiger partial charge >= 0.3 is 5.97 Å². The quantitative estimate of drug-likeness (QED) is 0.478. The molecule has 2 bridgehead atoms. The average molecular weight is 179 g/mol. The number of carbonyl (C=O) groups is 1. The van der Waals surface area contributed by atoms with E-state index < -0.39 is 0 Å². The standard InChI is InChI=1S/C11H15O2/c1-7(2)13-11(12)10-6-8-3-4-9(10)5-8/h3-4,6-10H,5H2,1-2H3. The monoisotopic (exact) mass is 179 g/mol. The van der Waals surface area contributed by atoms with Crippen molar-refractivity contribution in [1.82, 2.24) is 0 Å². The Morgan fingerprint density at radius 3 is 2.69 bits per heavy atom. The molecule has 2 nitrogen and oxygen atoms in total. The summed E-state index contributed by atoms with van der Waals surface area (Å²) in [6, 6.07) is 0. The number of allylic oxidation sites excluding steroid dienone is 2. The summed E-state index contributed by atoms with van der Waals surface area (Å²) in [7, 11) is 0. The van der Waals surface area contributed by atoms with Gasteiger partial charge in [0.1, 0.15) is 0 Å². The highest BCUT2D eigenvalue weighted by molar-refractivity contribution is 5.76. The molecular formula is C11H15O2. The molecule has 0 aliphatic heterocycles. The molecular weight excluding hydrogens is 164 g/mol. The Kier molecular flexibility index (Phi) is 2.14. The Morgan fingerprint density at radius 2 is 2.23 bits per heavy atom. The summed E-state index contributed by atoms with van der Waals surface area (Å²) >= 11 is 0. The first kappa shape index (κ1) is 8.79. The van der Waals surface area contributed by atoms with Crippen LogP contribution < -0.4 is 0 Å². The highest BCUT2D eigenvalue weighted by Gasteiger charge is 2.41. The molecule has 2 rings (SSSR count). The predicted molar refractivity (Wildman–Crippen MR) is 49.8 cm³/mol. The zero-order chi connectivity index (χ0) is 9.42. The third-order valence-corrected chi connectivity index (χ3v) is 2.69. The lowest BCUT2D eigenvalue weighted by Gasteiger charge is -2.17. The third kappa shape index (κ3) is 1.62. The third-order valence-electron chi connectivity index (χ3n) is 2.69. The van der Waals surface area contributed by atoms with Crippen molar-refractivity contribution in [2.45, 2.75) is 26.4 Å². The van der Waals surface area contributed by atoms with Crippen LogP contribution in [0.3, 0.4) is 0 Å². The van der Waals surface area contributed by atoms with Gasteiger partial charge in [0, 0.05) is 0 Å². The average Bonchev–Trinajstić information content (AvgIpc) is 2.62. The fraction of sp³-hybridized carbons (Fsp3) is 0.636. The minimum absolute atomic E-state index is 0.00371. The maximum atomic E-state index is 11.6. The first-order valence-electron chi connectivity index (χ1n) is 4.90. The molecule has 3 atom stereocenters. The number of hydrogen-bond donors (Lipinski definition) is 0. The number of rotatable bonds is 2. The molecule has 2 heteroatoms. The first-order valence-corrected chi connectivity index (χ1v) is 4.90. The van der Waals surface area contributed by atoms with Crippen LogP contribution in [0.15, 0.2) is 12.2 Å². The largest absolute Gasteiger partial charge is 0.463 e. The summed E-state index contributed by atoms with van der Waals surface area (Å²) in [5.74, 6) is 0.912. The number of fused-ring (bicyclic) bond motifs is 2. The van der Waals surface area contributed by atoms with Gasteiger partial charge in [0.05, 0.1) is 12.0 Å². The van der Waals surface area contributed by atoms with Crippen molar-refractivity contribution in [3.8, 4) is 0 Å². The molecule has 0 heterocycles. The zero-order valence-corrected chi connectivity index (χ0v) is 8.07. The van der Waals surface area contributed by atoms with Gasteiger partial charge in [-0.15, -0.1) is 0 Å². The van der Waals surface area contributed by atoms with Gasteiger partial charge in [0.25, 0.3) is 0 Å². The van der Waals surface area contributed by atoms with Gasteiger partial charge in [0.15, 0.2) is 0 Å². The molecule has 0 N–H and O–H groups in total. The van der Waals surface area contributed by atoms with Gasteiger partial charge in [0.2, 0.25) is 0 Å². The molecule has 0 aromatic rings. The highest BCUT2D eigenvalue weighted by Crippen LogP contribution is 2.43. The minimum atomic E-state index is -0.0492. The van der Waals surface area contributed by atoms with Crippen LogP contribution in [-0.4, -0.2) is 12.1 Å². The fourth-order valence-corrected chi connectivity index (χ4v) is 2.14. The van der Waals surface area contributed by atoms with E-state index in [0.29, 0.717) is 11.8 Å². The molecule has 0 aromatic carbocycles. The smallest absolute Gasteiger partial charge is 0.310 e. The Hall–Kier alpha value is -0.790. The zero-order valence-electron chi connectivity index (χ0n) is 8.07. The van der Waals surface area contributed by atoms with E-state index in [0.717, 1.165) is 6.42 Å². The van der Waals surface area contributed by atoms with Gasteiger partial charge < -0.3 is 4.74 Å². The lowest BCUT2D eigenvalue weighted by Crippen LogP contribution is -2.24. The number of ether oxygens (including phenoxy) is 1. The molecule has 2 aliphatic carbocycles. The molecule has 0 amide bonds. The first-order chi connectivity index (χ1) is 6.16. The molecule has 0 aromatic heterocycles. The lowest BCUT2D eigenvalue weighted by molar-refractivity contribution is -0.151. The van der Waals surface area contributed by atoms with Crippen LogP contribution in [-0.2, 0) is 9.53 Å². The minimum Gasteiger partial charge on any atom is -0.463 e. The molecule has 71 valence electrons. The summed E-state index contributed by atoms with van der Waals surface area (Å²) in [4.78, 5) is 11.6. The van der Waals surface area contributed by atoms with E-state index in [1.165, 1.54) is 0 Å². The van der Waals surface area contributed by atoms with Crippen LogP contribution in [0.4, 0.5) is 0 Å². The van der Waals surface area contributed by atoms with Crippen molar-refractivity contribution in [3.05, 3.63) is 18.6 Å². The van der Waals surface area contributed by atoms with Gasteiger partial charge in [-0.2, -0.15) is 0 Å². The Bertz CT molecular complexity index is 242.